The quantitative estimate of drug-likeness (QED) is 0.449. The van der Waals surface area contributed by atoms with Crippen LogP contribution in [0.2, 0.25) is 0 Å². The Kier molecular flexibility index (Phi) is 5.97. The van der Waals surface area contributed by atoms with E-state index in [1.807, 2.05) is 70.1 Å². The number of rotatable bonds is 5. The molecule has 1 unspecified atom stereocenters. The second-order valence-corrected chi connectivity index (χ2v) is 8.79. The Balaban J connectivity index is 1.36. The summed E-state index contributed by atoms with van der Waals surface area (Å²) in [4.78, 5) is 15.5. The summed E-state index contributed by atoms with van der Waals surface area (Å²) in [6.07, 6.45) is 1.02. The number of carbonyl (C=O) groups is 1. The Morgan fingerprint density at radius 2 is 1.61 bits per heavy atom. The van der Waals surface area contributed by atoms with E-state index in [-0.39, 0.29) is 17.6 Å². The van der Waals surface area contributed by atoms with Crippen molar-refractivity contribution in [3.05, 3.63) is 108 Å². The fourth-order valence-corrected chi connectivity index (χ4v) is 4.83. The van der Waals surface area contributed by atoms with Gasteiger partial charge in [0.05, 0.1) is 6.10 Å². The number of hydrogen-bond donors (Lipinski definition) is 1. The molecular formula is C28H27FN2O2. The summed E-state index contributed by atoms with van der Waals surface area (Å²) in [5.41, 5.74) is 3.50. The molecule has 4 aromatic rings. The Morgan fingerprint density at radius 1 is 0.939 bits per heavy atom. The molecule has 33 heavy (non-hydrogen) atoms. The van der Waals surface area contributed by atoms with Crippen LogP contribution < -0.4 is 0 Å². The van der Waals surface area contributed by atoms with E-state index < -0.39 is 6.10 Å². The summed E-state index contributed by atoms with van der Waals surface area (Å²) in [6.45, 7) is 1.73. The molecule has 1 aliphatic rings. The SMILES string of the molecule is O=C(c1cc2ccccc2n1Cc1ccc(F)cc1)N1CCC(C(O)c2ccccc2)CC1. The van der Waals surface area contributed by atoms with E-state index in [1.54, 1.807) is 12.1 Å². The number of nitrogens with zero attached hydrogens (tertiary/aromatic N) is 2. The maximum absolute atomic E-state index is 13.6. The van der Waals surface area contributed by atoms with E-state index >= 15 is 0 Å². The largest absolute Gasteiger partial charge is 0.388 e. The molecule has 1 aromatic heterocycles. The van der Waals surface area contributed by atoms with Crippen molar-refractivity contribution in [2.75, 3.05) is 13.1 Å². The molecule has 0 aliphatic carbocycles. The Labute approximate surface area is 192 Å². The highest BCUT2D eigenvalue weighted by molar-refractivity contribution is 5.99. The molecule has 1 N–H and O–H groups in total. The number of aromatic nitrogens is 1. The van der Waals surface area contributed by atoms with Gasteiger partial charge in [0, 0.05) is 30.5 Å². The van der Waals surface area contributed by atoms with E-state index in [4.69, 9.17) is 0 Å². The average Bonchev–Trinajstić information content (AvgIpc) is 3.23. The molecule has 0 spiro atoms. The van der Waals surface area contributed by atoms with Gasteiger partial charge in [-0.1, -0.05) is 60.7 Å². The van der Waals surface area contributed by atoms with Crippen molar-refractivity contribution in [2.45, 2.75) is 25.5 Å². The van der Waals surface area contributed by atoms with E-state index in [9.17, 15) is 14.3 Å². The Hall–Kier alpha value is -3.44. The lowest BCUT2D eigenvalue weighted by Crippen LogP contribution is -2.40. The third-order valence-electron chi connectivity index (χ3n) is 6.70. The number of halogens is 1. The average molecular weight is 443 g/mol. The highest BCUT2D eigenvalue weighted by Gasteiger charge is 2.30. The zero-order valence-corrected chi connectivity index (χ0v) is 18.4. The van der Waals surface area contributed by atoms with Gasteiger partial charge in [0.1, 0.15) is 11.5 Å². The van der Waals surface area contributed by atoms with Gasteiger partial charge < -0.3 is 14.6 Å². The van der Waals surface area contributed by atoms with Crippen LogP contribution in [0.5, 0.6) is 0 Å². The first-order valence-corrected chi connectivity index (χ1v) is 11.4. The summed E-state index contributed by atoms with van der Waals surface area (Å²) in [6, 6.07) is 26.1. The van der Waals surface area contributed by atoms with Gasteiger partial charge >= 0.3 is 0 Å². The number of para-hydroxylation sites is 1. The van der Waals surface area contributed by atoms with Crippen LogP contribution in [0, 0.1) is 11.7 Å². The number of aliphatic hydroxyl groups is 1. The van der Waals surface area contributed by atoms with Gasteiger partial charge in [-0.25, -0.2) is 4.39 Å². The van der Waals surface area contributed by atoms with E-state index in [0.29, 0.717) is 25.3 Å². The molecule has 0 bridgehead atoms. The first-order valence-electron chi connectivity index (χ1n) is 11.4. The number of hydrogen-bond acceptors (Lipinski definition) is 2. The first kappa shape index (κ1) is 21.4. The number of benzene rings is 3. The van der Waals surface area contributed by atoms with Crippen LogP contribution in [0.1, 0.15) is 40.6 Å². The zero-order chi connectivity index (χ0) is 22.8. The molecular weight excluding hydrogens is 415 g/mol. The van der Waals surface area contributed by atoms with Crippen molar-refractivity contribution in [1.82, 2.24) is 9.47 Å². The number of amides is 1. The van der Waals surface area contributed by atoms with Crippen LogP contribution in [0.3, 0.4) is 0 Å². The molecule has 3 aromatic carbocycles. The first-order chi connectivity index (χ1) is 16.1. The molecule has 5 rings (SSSR count). The molecule has 1 aliphatic heterocycles. The molecule has 1 fully saturated rings. The second-order valence-electron chi connectivity index (χ2n) is 8.79. The molecule has 1 amide bonds. The van der Waals surface area contributed by atoms with E-state index in [0.717, 1.165) is 34.9 Å². The lowest BCUT2D eigenvalue weighted by atomic mass is 9.87. The maximum Gasteiger partial charge on any atom is 0.270 e. The number of aliphatic hydroxyl groups excluding tert-OH is 1. The predicted octanol–water partition coefficient (Wildman–Crippen LogP) is 5.41. The molecule has 1 atom stereocenters. The van der Waals surface area contributed by atoms with Crippen LogP contribution >= 0.6 is 0 Å². The van der Waals surface area contributed by atoms with Gasteiger partial charge in [0.25, 0.3) is 5.91 Å². The van der Waals surface area contributed by atoms with Crippen molar-refractivity contribution >= 4 is 16.8 Å². The normalized spacial score (nSPS) is 15.6. The minimum Gasteiger partial charge on any atom is -0.388 e. The Bertz CT molecular complexity index is 1240. The van der Waals surface area contributed by atoms with Gasteiger partial charge in [0.15, 0.2) is 0 Å². The van der Waals surface area contributed by atoms with Crippen LogP contribution in [0.15, 0.2) is 84.9 Å². The van der Waals surface area contributed by atoms with Gasteiger partial charge in [-0.15, -0.1) is 0 Å². The van der Waals surface area contributed by atoms with Crippen molar-refractivity contribution in [2.24, 2.45) is 5.92 Å². The van der Waals surface area contributed by atoms with Gasteiger partial charge in [-0.3, -0.25) is 4.79 Å². The summed E-state index contributed by atoms with van der Waals surface area (Å²) < 4.78 is 15.4. The molecule has 4 nitrogen and oxygen atoms in total. The fraction of sp³-hybridized carbons (Fsp3) is 0.250. The lowest BCUT2D eigenvalue weighted by Gasteiger charge is -2.34. The molecule has 0 radical (unpaired) electrons. The summed E-state index contributed by atoms with van der Waals surface area (Å²) in [5, 5.41) is 11.8. The molecule has 2 heterocycles. The number of likely N-dealkylation sites (tertiary alicyclic amines) is 1. The van der Waals surface area contributed by atoms with Crippen molar-refractivity contribution in [3.63, 3.8) is 0 Å². The number of fused-ring (bicyclic) bond motifs is 1. The Morgan fingerprint density at radius 3 is 2.33 bits per heavy atom. The van der Waals surface area contributed by atoms with Crippen LogP contribution in [0.4, 0.5) is 4.39 Å². The highest BCUT2D eigenvalue weighted by atomic mass is 19.1. The van der Waals surface area contributed by atoms with Crippen molar-refractivity contribution in [3.8, 4) is 0 Å². The minimum absolute atomic E-state index is 0.000891. The van der Waals surface area contributed by atoms with Gasteiger partial charge in [0.2, 0.25) is 0 Å². The summed E-state index contributed by atoms with van der Waals surface area (Å²) >= 11 is 0. The smallest absolute Gasteiger partial charge is 0.270 e. The predicted molar refractivity (Wildman–Crippen MR) is 127 cm³/mol. The van der Waals surface area contributed by atoms with Crippen LogP contribution in [0.25, 0.3) is 10.9 Å². The van der Waals surface area contributed by atoms with Gasteiger partial charge in [-0.2, -0.15) is 0 Å². The van der Waals surface area contributed by atoms with E-state index in [2.05, 4.69) is 0 Å². The third kappa shape index (κ3) is 4.41. The molecule has 0 saturated carbocycles. The van der Waals surface area contributed by atoms with Crippen LogP contribution in [-0.2, 0) is 6.54 Å². The van der Waals surface area contributed by atoms with Gasteiger partial charge in [-0.05, 0) is 54.2 Å². The van der Waals surface area contributed by atoms with Crippen molar-refractivity contribution in [1.29, 1.82) is 0 Å². The summed E-state index contributed by atoms with van der Waals surface area (Å²) in [5.74, 6) is -0.129. The lowest BCUT2D eigenvalue weighted by molar-refractivity contribution is 0.0456. The number of carbonyl (C=O) groups excluding carboxylic acids is 1. The summed E-state index contributed by atoms with van der Waals surface area (Å²) in [7, 11) is 0. The highest BCUT2D eigenvalue weighted by Crippen LogP contribution is 2.32. The third-order valence-corrected chi connectivity index (χ3v) is 6.70. The molecule has 168 valence electrons. The molecule has 1 saturated heterocycles. The van der Waals surface area contributed by atoms with Crippen molar-refractivity contribution < 1.29 is 14.3 Å². The minimum atomic E-state index is -0.506. The van der Waals surface area contributed by atoms with E-state index in [1.165, 1.54) is 12.1 Å². The maximum atomic E-state index is 13.6. The topological polar surface area (TPSA) is 45.5 Å². The monoisotopic (exact) mass is 442 g/mol. The van der Waals surface area contributed by atoms with Crippen LogP contribution in [-0.4, -0.2) is 33.6 Å². The zero-order valence-electron chi connectivity index (χ0n) is 18.4. The molecule has 5 heteroatoms. The number of piperidine rings is 1. The standard InChI is InChI=1S/C28H27FN2O2/c29-24-12-10-20(11-13-24)19-31-25-9-5-4-8-23(25)18-26(31)28(33)30-16-14-22(15-17-30)27(32)21-6-2-1-3-7-21/h1-13,18,22,27,32H,14-17,19H2. The fourth-order valence-electron chi connectivity index (χ4n) is 4.83. The second kappa shape index (κ2) is 9.20.